The van der Waals surface area contributed by atoms with Crippen molar-refractivity contribution in [3.8, 4) is 0 Å². The van der Waals surface area contributed by atoms with Crippen molar-refractivity contribution in [3.63, 3.8) is 0 Å². The van der Waals surface area contributed by atoms with E-state index in [-0.39, 0.29) is 17.8 Å². The van der Waals surface area contributed by atoms with Crippen LogP contribution in [0.25, 0.3) is 0 Å². The summed E-state index contributed by atoms with van der Waals surface area (Å²) < 4.78 is 12.9. The number of urea groups is 1. The number of hydrogen-bond acceptors (Lipinski definition) is 2. The maximum absolute atomic E-state index is 12.9. The van der Waals surface area contributed by atoms with Crippen molar-refractivity contribution in [2.45, 2.75) is 25.9 Å². The molecule has 1 fully saturated rings. The van der Waals surface area contributed by atoms with Crippen LogP contribution in [0.15, 0.2) is 24.3 Å². The molecule has 1 aromatic carbocycles. The van der Waals surface area contributed by atoms with Crippen molar-refractivity contribution in [3.05, 3.63) is 35.6 Å². The highest BCUT2D eigenvalue weighted by atomic mass is 19.1. The third-order valence-electron chi connectivity index (χ3n) is 3.86. The Hall–Kier alpha value is -2.11. The topological polar surface area (TPSA) is 60.9 Å². The molecule has 2 unspecified atom stereocenters. The van der Waals surface area contributed by atoms with Gasteiger partial charge in [0.25, 0.3) is 0 Å². The van der Waals surface area contributed by atoms with Crippen LogP contribution in [0.4, 0.5) is 9.18 Å². The molecule has 21 heavy (non-hydrogen) atoms. The Balaban J connectivity index is 2.05. The average Bonchev–Trinajstić information content (AvgIpc) is 2.82. The quantitative estimate of drug-likeness (QED) is 0.929. The number of likely N-dealkylation sites (tertiary alicyclic amines) is 1. The van der Waals surface area contributed by atoms with E-state index in [1.165, 1.54) is 21.9 Å². The highest BCUT2D eigenvalue weighted by Crippen LogP contribution is 2.25. The van der Waals surface area contributed by atoms with Crippen LogP contribution < -0.4 is 0 Å². The van der Waals surface area contributed by atoms with Gasteiger partial charge in [0, 0.05) is 20.1 Å². The summed E-state index contributed by atoms with van der Waals surface area (Å²) in [7, 11) is 1.62. The molecule has 2 rings (SSSR count). The molecule has 1 heterocycles. The smallest absolute Gasteiger partial charge is 0.326 e. The summed E-state index contributed by atoms with van der Waals surface area (Å²) in [6.07, 6.45) is 0.688. The van der Waals surface area contributed by atoms with Gasteiger partial charge in [-0.05, 0) is 30.0 Å². The second kappa shape index (κ2) is 6.11. The first kappa shape index (κ1) is 15.3. The second-order valence-corrected chi connectivity index (χ2v) is 5.51. The number of hydrogen-bond donors (Lipinski definition) is 1. The standard InChI is InChI=1S/C15H19FN2O3/c1-10-7-8-18(13(10)14(19)20)15(21)17(2)9-11-3-5-12(16)6-4-11/h3-6,10,13H,7-9H2,1-2H3,(H,19,20). The minimum Gasteiger partial charge on any atom is -0.480 e. The predicted molar refractivity (Wildman–Crippen MR) is 75.2 cm³/mol. The molecule has 0 aliphatic carbocycles. The minimum atomic E-state index is -0.969. The summed E-state index contributed by atoms with van der Waals surface area (Å²) in [6, 6.07) is 4.82. The Kier molecular flexibility index (Phi) is 4.45. The SMILES string of the molecule is CC1CCN(C(=O)N(C)Cc2ccc(F)cc2)C1C(=O)O. The fraction of sp³-hybridized carbons (Fsp3) is 0.467. The van der Waals surface area contributed by atoms with E-state index in [2.05, 4.69) is 0 Å². The fourth-order valence-electron chi connectivity index (χ4n) is 2.69. The summed E-state index contributed by atoms with van der Waals surface area (Å²) in [4.78, 5) is 26.5. The normalized spacial score (nSPS) is 21.4. The number of carboxylic acid groups (broad SMARTS) is 1. The zero-order chi connectivity index (χ0) is 15.6. The number of nitrogens with zero attached hydrogens (tertiary/aromatic N) is 2. The van der Waals surface area contributed by atoms with Crippen molar-refractivity contribution in [2.24, 2.45) is 5.92 Å². The lowest BCUT2D eigenvalue weighted by molar-refractivity contribution is -0.142. The van der Waals surface area contributed by atoms with Gasteiger partial charge in [-0.1, -0.05) is 19.1 Å². The summed E-state index contributed by atoms with van der Waals surface area (Å²) in [6.45, 7) is 2.60. The first-order chi connectivity index (χ1) is 9.90. The molecule has 1 aliphatic rings. The van der Waals surface area contributed by atoms with Gasteiger partial charge in [0.2, 0.25) is 0 Å². The molecular formula is C15H19FN2O3. The van der Waals surface area contributed by atoms with Gasteiger partial charge in [-0.25, -0.2) is 14.0 Å². The molecule has 1 aromatic rings. The Morgan fingerprint density at radius 3 is 2.57 bits per heavy atom. The number of amides is 2. The van der Waals surface area contributed by atoms with Crippen LogP contribution in [0.5, 0.6) is 0 Å². The first-order valence-corrected chi connectivity index (χ1v) is 6.89. The monoisotopic (exact) mass is 294 g/mol. The zero-order valence-electron chi connectivity index (χ0n) is 12.1. The van der Waals surface area contributed by atoms with E-state index in [4.69, 9.17) is 0 Å². The van der Waals surface area contributed by atoms with Gasteiger partial charge in [-0.2, -0.15) is 0 Å². The number of carbonyl (C=O) groups is 2. The number of carboxylic acids is 1. The van der Waals surface area contributed by atoms with E-state index in [0.717, 1.165) is 5.56 Å². The van der Waals surface area contributed by atoms with Gasteiger partial charge in [0.15, 0.2) is 0 Å². The lowest BCUT2D eigenvalue weighted by atomic mass is 10.0. The van der Waals surface area contributed by atoms with E-state index in [1.54, 1.807) is 19.2 Å². The molecule has 2 amide bonds. The van der Waals surface area contributed by atoms with Gasteiger partial charge in [-0.15, -0.1) is 0 Å². The van der Waals surface area contributed by atoms with Gasteiger partial charge in [0.1, 0.15) is 11.9 Å². The van der Waals surface area contributed by atoms with Crippen LogP contribution in [0.2, 0.25) is 0 Å². The lowest BCUT2D eigenvalue weighted by Crippen LogP contribution is -2.47. The zero-order valence-corrected chi connectivity index (χ0v) is 12.1. The number of halogens is 1. The summed E-state index contributed by atoms with van der Waals surface area (Å²) in [5, 5.41) is 9.25. The molecule has 0 spiro atoms. The molecule has 6 heteroatoms. The Bertz CT molecular complexity index is 532. The molecule has 0 bridgehead atoms. The van der Waals surface area contributed by atoms with E-state index in [0.29, 0.717) is 19.5 Å². The van der Waals surface area contributed by atoms with Crippen molar-refractivity contribution >= 4 is 12.0 Å². The molecule has 1 saturated heterocycles. The summed E-state index contributed by atoms with van der Waals surface area (Å²) in [5.41, 5.74) is 0.798. The first-order valence-electron chi connectivity index (χ1n) is 6.89. The molecule has 2 atom stereocenters. The van der Waals surface area contributed by atoms with Crippen molar-refractivity contribution < 1.29 is 19.1 Å². The van der Waals surface area contributed by atoms with Crippen LogP contribution in [-0.2, 0) is 11.3 Å². The molecular weight excluding hydrogens is 275 g/mol. The number of carbonyl (C=O) groups excluding carboxylic acids is 1. The summed E-state index contributed by atoms with van der Waals surface area (Å²) >= 11 is 0. The molecule has 0 aromatic heterocycles. The number of benzene rings is 1. The van der Waals surface area contributed by atoms with Crippen LogP contribution in [0, 0.1) is 11.7 Å². The van der Waals surface area contributed by atoms with E-state index in [9.17, 15) is 19.1 Å². The van der Waals surface area contributed by atoms with Crippen molar-refractivity contribution in [1.29, 1.82) is 0 Å². The Labute approximate surface area is 123 Å². The predicted octanol–water partition coefficient (Wildman–Crippen LogP) is 2.17. The molecule has 0 saturated carbocycles. The van der Waals surface area contributed by atoms with Crippen LogP contribution in [-0.4, -0.2) is 46.5 Å². The molecule has 0 radical (unpaired) electrons. The maximum atomic E-state index is 12.9. The number of aliphatic carboxylic acids is 1. The van der Waals surface area contributed by atoms with Crippen molar-refractivity contribution in [2.75, 3.05) is 13.6 Å². The number of rotatable bonds is 3. The van der Waals surface area contributed by atoms with Gasteiger partial charge in [0.05, 0.1) is 0 Å². The Morgan fingerprint density at radius 2 is 2.00 bits per heavy atom. The van der Waals surface area contributed by atoms with Gasteiger partial charge >= 0.3 is 12.0 Å². The Morgan fingerprint density at radius 1 is 1.38 bits per heavy atom. The van der Waals surface area contributed by atoms with Crippen LogP contribution in [0.1, 0.15) is 18.9 Å². The largest absolute Gasteiger partial charge is 0.480 e. The molecule has 1 aliphatic heterocycles. The fourth-order valence-corrected chi connectivity index (χ4v) is 2.69. The van der Waals surface area contributed by atoms with Gasteiger partial charge in [-0.3, -0.25) is 0 Å². The average molecular weight is 294 g/mol. The third-order valence-corrected chi connectivity index (χ3v) is 3.86. The lowest BCUT2D eigenvalue weighted by Gasteiger charge is -2.28. The van der Waals surface area contributed by atoms with Crippen LogP contribution >= 0.6 is 0 Å². The van der Waals surface area contributed by atoms with E-state index < -0.39 is 12.0 Å². The third kappa shape index (κ3) is 3.32. The highest BCUT2D eigenvalue weighted by Gasteiger charge is 2.40. The summed E-state index contributed by atoms with van der Waals surface area (Å²) in [5.74, 6) is -1.35. The molecule has 1 N–H and O–H groups in total. The van der Waals surface area contributed by atoms with Gasteiger partial charge < -0.3 is 14.9 Å². The maximum Gasteiger partial charge on any atom is 0.326 e. The van der Waals surface area contributed by atoms with Crippen LogP contribution in [0.3, 0.4) is 0 Å². The minimum absolute atomic E-state index is 0.0503. The van der Waals surface area contributed by atoms with E-state index in [1.807, 2.05) is 6.92 Å². The van der Waals surface area contributed by atoms with Crippen molar-refractivity contribution in [1.82, 2.24) is 9.80 Å². The molecule has 5 nitrogen and oxygen atoms in total. The molecule has 114 valence electrons. The highest BCUT2D eigenvalue weighted by molar-refractivity contribution is 5.83. The second-order valence-electron chi connectivity index (χ2n) is 5.51. The van der Waals surface area contributed by atoms with E-state index >= 15 is 0 Å².